The van der Waals surface area contributed by atoms with E-state index < -0.39 is 17.9 Å². The maximum absolute atomic E-state index is 12.3. The van der Waals surface area contributed by atoms with Gasteiger partial charge in [-0.05, 0) is 56.9 Å². The molecule has 0 aliphatic heterocycles. The van der Waals surface area contributed by atoms with Gasteiger partial charge < -0.3 is 9.47 Å². The second-order valence-electron chi connectivity index (χ2n) is 6.68. The summed E-state index contributed by atoms with van der Waals surface area (Å²) in [5.74, 6) is -1.93. The largest absolute Gasteiger partial charge is 0.465 e. The molecule has 0 bridgehead atoms. The number of allylic oxidation sites excluding steroid dienone is 2. The number of fused-ring (bicyclic) bond motifs is 1. The normalized spacial score (nSPS) is 27.2. The van der Waals surface area contributed by atoms with Gasteiger partial charge in [0.1, 0.15) is 0 Å². The summed E-state index contributed by atoms with van der Waals surface area (Å²) in [4.78, 5) is 36.3. The Kier molecular flexibility index (Phi) is 5.60. The Hall–Kier alpha value is -1.65. The van der Waals surface area contributed by atoms with E-state index in [-0.39, 0.29) is 30.3 Å². The van der Waals surface area contributed by atoms with Crippen LogP contribution in [0.3, 0.4) is 0 Å². The smallest absolute Gasteiger partial charge is 0.320 e. The summed E-state index contributed by atoms with van der Waals surface area (Å²) in [5.41, 5.74) is 1.10. The van der Waals surface area contributed by atoms with Crippen LogP contribution in [-0.2, 0) is 23.9 Å². The fraction of sp³-hybridized carbons (Fsp3) is 0.722. The monoisotopic (exact) mass is 322 g/mol. The lowest BCUT2D eigenvalue weighted by molar-refractivity contribution is -0.165. The Bertz CT molecular complexity index is 504. The molecule has 1 fully saturated rings. The van der Waals surface area contributed by atoms with Gasteiger partial charge in [0.15, 0.2) is 11.7 Å². The van der Waals surface area contributed by atoms with Crippen LogP contribution in [0.2, 0.25) is 0 Å². The first-order valence-corrected chi connectivity index (χ1v) is 8.48. The van der Waals surface area contributed by atoms with Crippen molar-refractivity contribution in [1.29, 1.82) is 0 Å². The lowest BCUT2D eigenvalue weighted by Crippen LogP contribution is -2.40. The molecule has 0 N–H and O–H groups in total. The molecule has 2 rings (SSSR count). The van der Waals surface area contributed by atoms with Crippen molar-refractivity contribution < 1.29 is 23.9 Å². The zero-order valence-electron chi connectivity index (χ0n) is 14.2. The van der Waals surface area contributed by atoms with Crippen LogP contribution in [0.15, 0.2) is 11.6 Å². The zero-order valence-corrected chi connectivity index (χ0v) is 14.2. The molecule has 128 valence electrons. The summed E-state index contributed by atoms with van der Waals surface area (Å²) in [6.45, 7) is 6.09. The van der Waals surface area contributed by atoms with Gasteiger partial charge in [-0.3, -0.25) is 14.4 Å². The summed E-state index contributed by atoms with van der Waals surface area (Å²) in [6.07, 6.45) is 5.40. The summed E-state index contributed by atoms with van der Waals surface area (Å²) < 4.78 is 10.2. The Labute approximate surface area is 137 Å². The molecule has 2 atom stereocenters. The first kappa shape index (κ1) is 17.7. The SMILES string of the molecule is CCOC(=O)C(C(=O)OCC)[C@H]1CC[C@]2(C)CCC(=O)C=C2C1. The van der Waals surface area contributed by atoms with Crippen LogP contribution >= 0.6 is 0 Å². The lowest BCUT2D eigenvalue weighted by atomic mass is 9.61. The fourth-order valence-electron chi connectivity index (χ4n) is 3.71. The third-order valence-corrected chi connectivity index (χ3v) is 5.14. The molecule has 0 saturated heterocycles. The van der Waals surface area contributed by atoms with Crippen molar-refractivity contribution in [2.24, 2.45) is 17.3 Å². The van der Waals surface area contributed by atoms with Gasteiger partial charge in [-0.25, -0.2) is 0 Å². The number of rotatable bonds is 5. The molecule has 2 aliphatic carbocycles. The van der Waals surface area contributed by atoms with Crippen molar-refractivity contribution in [1.82, 2.24) is 0 Å². The van der Waals surface area contributed by atoms with Gasteiger partial charge in [0.25, 0.3) is 0 Å². The zero-order chi connectivity index (χ0) is 17.0. The first-order valence-electron chi connectivity index (χ1n) is 8.48. The number of hydrogen-bond acceptors (Lipinski definition) is 5. The van der Waals surface area contributed by atoms with Crippen molar-refractivity contribution in [2.75, 3.05) is 13.2 Å². The van der Waals surface area contributed by atoms with E-state index in [0.29, 0.717) is 12.8 Å². The predicted molar refractivity (Wildman–Crippen MR) is 84.5 cm³/mol. The molecule has 0 aromatic rings. The topological polar surface area (TPSA) is 69.7 Å². The van der Waals surface area contributed by atoms with E-state index in [1.165, 1.54) is 0 Å². The molecule has 0 aromatic heterocycles. The first-order chi connectivity index (χ1) is 10.9. The minimum atomic E-state index is -0.891. The van der Waals surface area contributed by atoms with Crippen LogP contribution in [0.25, 0.3) is 0 Å². The minimum Gasteiger partial charge on any atom is -0.465 e. The van der Waals surface area contributed by atoms with Gasteiger partial charge in [-0.2, -0.15) is 0 Å². The standard InChI is InChI=1S/C18H26O5/c1-4-22-16(20)15(17(21)23-5-2)12-6-8-18(3)9-7-14(19)11-13(18)10-12/h11-12,15H,4-10H2,1-3H3/t12-,18+/m0/s1. The Morgan fingerprint density at radius 2 is 1.83 bits per heavy atom. The molecule has 0 spiro atoms. The van der Waals surface area contributed by atoms with E-state index in [4.69, 9.17) is 9.47 Å². The molecular formula is C18H26O5. The van der Waals surface area contributed by atoms with Gasteiger partial charge in [-0.15, -0.1) is 0 Å². The highest BCUT2D eigenvalue weighted by Gasteiger charge is 2.45. The van der Waals surface area contributed by atoms with Crippen molar-refractivity contribution in [3.63, 3.8) is 0 Å². The number of carbonyl (C=O) groups is 3. The van der Waals surface area contributed by atoms with Crippen LogP contribution in [0, 0.1) is 17.3 Å². The molecule has 0 unspecified atom stereocenters. The average Bonchev–Trinajstić information content (AvgIpc) is 2.49. The van der Waals surface area contributed by atoms with E-state index in [1.807, 2.05) is 0 Å². The molecule has 0 heterocycles. The van der Waals surface area contributed by atoms with Crippen molar-refractivity contribution in [3.05, 3.63) is 11.6 Å². The highest BCUT2D eigenvalue weighted by Crippen LogP contribution is 2.50. The van der Waals surface area contributed by atoms with Gasteiger partial charge in [-0.1, -0.05) is 12.5 Å². The summed E-state index contributed by atoms with van der Waals surface area (Å²) in [7, 11) is 0. The van der Waals surface area contributed by atoms with Gasteiger partial charge in [0.2, 0.25) is 0 Å². The predicted octanol–water partition coefficient (Wildman–Crippen LogP) is 2.82. The summed E-state index contributed by atoms with van der Waals surface area (Å²) in [5, 5.41) is 0. The minimum absolute atomic E-state index is 0.0261. The van der Waals surface area contributed by atoms with E-state index >= 15 is 0 Å². The van der Waals surface area contributed by atoms with Crippen molar-refractivity contribution >= 4 is 17.7 Å². The summed E-state index contributed by atoms with van der Waals surface area (Å²) in [6, 6.07) is 0. The molecule has 0 aromatic carbocycles. The maximum atomic E-state index is 12.3. The third-order valence-electron chi connectivity index (χ3n) is 5.14. The Morgan fingerprint density at radius 1 is 1.22 bits per heavy atom. The Morgan fingerprint density at radius 3 is 2.39 bits per heavy atom. The third kappa shape index (κ3) is 3.82. The van der Waals surface area contributed by atoms with Crippen molar-refractivity contribution in [3.8, 4) is 0 Å². The van der Waals surface area contributed by atoms with E-state index in [2.05, 4.69) is 6.92 Å². The molecule has 5 nitrogen and oxygen atoms in total. The van der Waals surface area contributed by atoms with Crippen LogP contribution in [-0.4, -0.2) is 30.9 Å². The van der Waals surface area contributed by atoms with Gasteiger partial charge >= 0.3 is 11.9 Å². The second-order valence-corrected chi connectivity index (χ2v) is 6.68. The molecule has 1 saturated carbocycles. The molecular weight excluding hydrogens is 296 g/mol. The summed E-state index contributed by atoms with van der Waals surface area (Å²) >= 11 is 0. The van der Waals surface area contributed by atoms with Crippen LogP contribution in [0.1, 0.15) is 52.9 Å². The molecule has 23 heavy (non-hydrogen) atoms. The number of carbonyl (C=O) groups excluding carboxylic acids is 3. The van der Waals surface area contributed by atoms with Gasteiger partial charge in [0.05, 0.1) is 13.2 Å². The second kappa shape index (κ2) is 7.28. The molecule has 0 radical (unpaired) electrons. The number of ether oxygens (including phenoxy) is 2. The van der Waals surface area contributed by atoms with E-state index in [1.54, 1.807) is 19.9 Å². The highest BCUT2D eigenvalue weighted by molar-refractivity contribution is 5.95. The number of ketones is 1. The molecule has 5 heteroatoms. The molecule has 0 amide bonds. The fourth-order valence-corrected chi connectivity index (χ4v) is 3.71. The lowest BCUT2D eigenvalue weighted by Gasteiger charge is -2.43. The van der Waals surface area contributed by atoms with Gasteiger partial charge in [0, 0.05) is 6.42 Å². The number of esters is 2. The Balaban J connectivity index is 2.21. The van der Waals surface area contributed by atoms with Crippen molar-refractivity contribution in [2.45, 2.75) is 52.9 Å². The van der Waals surface area contributed by atoms with Crippen LogP contribution in [0.4, 0.5) is 0 Å². The van der Waals surface area contributed by atoms with Crippen LogP contribution < -0.4 is 0 Å². The quantitative estimate of drug-likeness (QED) is 0.575. The maximum Gasteiger partial charge on any atom is 0.320 e. The molecule has 2 aliphatic rings. The van der Waals surface area contributed by atoms with E-state index in [0.717, 1.165) is 24.8 Å². The average molecular weight is 322 g/mol. The van der Waals surface area contributed by atoms with E-state index in [9.17, 15) is 14.4 Å². The number of hydrogen-bond donors (Lipinski definition) is 0. The van der Waals surface area contributed by atoms with Crippen LogP contribution in [0.5, 0.6) is 0 Å². The highest BCUT2D eigenvalue weighted by atomic mass is 16.6.